The topological polar surface area (TPSA) is 32.3 Å². The molecule has 1 aliphatic rings. The van der Waals surface area contributed by atoms with Crippen LogP contribution in [0.1, 0.15) is 12.8 Å². The van der Waals surface area contributed by atoms with Crippen LogP contribution in [0.15, 0.2) is 24.3 Å². The fraction of sp³-hybridized carbons (Fsp3) is 0.417. The van der Waals surface area contributed by atoms with E-state index in [1.807, 2.05) is 30.1 Å². The quantitative estimate of drug-likeness (QED) is 0.842. The highest BCUT2D eigenvalue weighted by Crippen LogP contribution is 2.22. The molecule has 0 spiro atoms. The zero-order valence-electron chi connectivity index (χ0n) is 9.24. The number of hydrogen-bond acceptors (Lipinski definition) is 2. The molecule has 1 aliphatic heterocycles. The molecule has 3 nitrogen and oxygen atoms in total. The molecule has 1 fully saturated rings. The van der Waals surface area contributed by atoms with Crippen LogP contribution in [-0.4, -0.2) is 25.5 Å². The highest BCUT2D eigenvalue weighted by Gasteiger charge is 2.28. The maximum absolute atomic E-state index is 12.1. The van der Waals surface area contributed by atoms with Crippen LogP contribution in [0, 0.1) is 3.57 Å². The van der Waals surface area contributed by atoms with Crippen molar-refractivity contribution in [1.82, 2.24) is 5.32 Å². The number of carbonyl (C=O) groups excluding carboxylic acids is 1. The Bertz CT molecular complexity index is 394. The van der Waals surface area contributed by atoms with Crippen molar-refractivity contribution in [2.75, 3.05) is 18.5 Å². The van der Waals surface area contributed by atoms with Crippen molar-refractivity contribution in [2.45, 2.75) is 18.9 Å². The highest BCUT2D eigenvalue weighted by molar-refractivity contribution is 14.1. The molecule has 1 saturated heterocycles. The summed E-state index contributed by atoms with van der Waals surface area (Å²) in [7, 11) is 1.85. The largest absolute Gasteiger partial charge is 0.311 e. The molecule has 0 bridgehead atoms. The Labute approximate surface area is 109 Å². The second kappa shape index (κ2) is 5.14. The van der Waals surface area contributed by atoms with Crippen molar-refractivity contribution in [1.29, 1.82) is 0 Å². The van der Waals surface area contributed by atoms with Gasteiger partial charge in [-0.25, -0.2) is 0 Å². The van der Waals surface area contributed by atoms with E-state index < -0.39 is 0 Å². The second-order valence-electron chi connectivity index (χ2n) is 3.95. The van der Waals surface area contributed by atoms with Crippen LogP contribution in [0.25, 0.3) is 0 Å². The Hall–Kier alpha value is -0.620. The van der Waals surface area contributed by atoms with Gasteiger partial charge in [0, 0.05) is 15.8 Å². The molecule has 0 saturated carbocycles. The number of halogens is 1. The molecular formula is C12H15IN2O. The predicted molar refractivity (Wildman–Crippen MR) is 73.6 cm³/mol. The number of amides is 1. The fourth-order valence-electron chi connectivity index (χ4n) is 2.04. The van der Waals surface area contributed by atoms with E-state index in [9.17, 15) is 4.79 Å². The fourth-order valence-corrected chi connectivity index (χ4v) is 2.57. The van der Waals surface area contributed by atoms with Crippen LogP contribution in [0.5, 0.6) is 0 Å². The van der Waals surface area contributed by atoms with Gasteiger partial charge in [0.2, 0.25) is 5.91 Å². The minimum atomic E-state index is -0.0217. The van der Waals surface area contributed by atoms with E-state index in [-0.39, 0.29) is 11.9 Å². The summed E-state index contributed by atoms with van der Waals surface area (Å²) >= 11 is 2.27. The normalized spacial score (nSPS) is 21.2. The van der Waals surface area contributed by atoms with E-state index in [2.05, 4.69) is 34.0 Å². The van der Waals surface area contributed by atoms with Crippen LogP contribution in [0.3, 0.4) is 0 Å². The maximum atomic E-state index is 12.1. The molecule has 1 aromatic rings. The van der Waals surface area contributed by atoms with Crippen LogP contribution in [0.2, 0.25) is 0 Å². The van der Waals surface area contributed by atoms with Crippen molar-refractivity contribution in [3.63, 3.8) is 0 Å². The molecule has 0 aromatic heterocycles. The van der Waals surface area contributed by atoms with Crippen LogP contribution in [0.4, 0.5) is 5.69 Å². The Morgan fingerprint density at radius 3 is 3.00 bits per heavy atom. The minimum Gasteiger partial charge on any atom is -0.311 e. The third-order valence-electron chi connectivity index (χ3n) is 2.91. The van der Waals surface area contributed by atoms with E-state index in [0.717, 1.165) is 28.6 Å². The van der Waals surface area contributed by atoms with Crippen molar-refractivity contribution in [2.24, 2.45) is 0 Å². The van der Waals surface area contributed by atoms with Crippen molar-refractivity contribution < 1.29 is 4.79 Å². The van der Waals surface area contributed by atoms with Gasteiger partial charge in [-0.3, -0.25) is 4.79 Å². The summed E-state index contributed by atoms with van der Waals surface area (Å²) in [6.07, 6.45) is 2.00. The molecule has 1 amide bonds. The number of piperidine rings is 1. The van der Waals surface area contributed by atoms with Crippen LogP contribution in [-0.2, 0) is 4.79 Å². The first-order chi connectivity index (χ1) is 7.72. The van der Waals surface area contributed by atoms with Gasteiger partial charge in [-0.05, 0) is 60.7 Å². The van der Waals surface area contributed by atoms with Crippen molar-refractivity contribution in [3.8, 4) is 0 Å². The minimum absolute atomic E-state index is 0.0217. The summed E-state index contributed by atoms with van der Waals surface area (Å²) in [6, 6.07) is 8.06. The summed E-state index contributed by atoms with van der Waals surface area (Å²) in [5.74, 6) is 0.191. The number of anilines is 1. The van der Waals surface area contributed by atoms with Crippen LogP contribution < -0.4 is 10.2 Å². The van der Waals surface area contributed by atoms with Gasteiger partial charge in [0.25, 0.3) is 0 Å². The van der Waals surface area contributed by atoms with Gasteiger partial charge in [0.05, 0.1) is 6.04 Å². The molecule has 4 heteroatoms. The van der Waals surface area contributed by atoms with Gasteiger partial charge in [0.1, 0.15) is 0 Å². The molecule has 0 radical (unpaired) electrons. The first-order valence-electron chi connectivity index (χ1n) is 5.46. The SMILES string of the molecule is CNC1CCCN(c2cccc(I)c2)C1=O. The molecule has 1 N–H and O–H groups in total. The average Bonchev–Trinajstić information content (AvgIpc) is 2.29. The number of nitrogens with zero attached hydrogens (tertiary/aromatic N) is 1. The van der Waals surface area contributed by atoms with Crippen molar-refractivity contribution >= 4 is 34.2 Å². The first kappa shape index (κ1) is 11.9. The lowest BCUT2D eigenvalue weighted by Crippen LogP contribution is -2.49. The van der Waals surface area contributed by atoms with E-state index >= 15 is 0 Å². The number of nitrogens with one attached hydrogen (secondary N) is 1. The lowest BCUT2D eigenvalue weighted by molar-refractivity contribution is -0.121. The average molecular weight is 330 g/mol. The maximum Gasteiger partial charge on any atom is 0.244 e. The Morgan fingerprint density at radius 2 is 2.31 bits per heavy atom. The van der Waals surface area contributed by atoms with Gasteiger partial charge in [0.15, 0.2) is 0 Å². The standard InChI is InChI=1S/C12H15IN2O/c1-14-11-6-3-7-15(12(11)16)10-5-2-4-9(13)8-10/h2,4-5,8,11,14H,3,6-7H2,1H3. The van der Waals surface area contributed by atoms with E-state index in [0.29, 0.717) is 0 Å². The summed E-state index contributed by atoms with van der Waals surface area (Å²) < 4.78 is 1.16. The Kier molecular flexibility index (Phi) is 3.81. The van der Waals surface area contributed by atoms with Crippen LogP contribution >= 0.6 is 22.6 Å². The number of benzene rings is 1. The number of carbonyl (C=O) groups is 1. The van der Waals surface area contributed by atoms with Crippen molar-refractivity contribution in [3.05, 3.63) is 27.8 Å². The summed E-state index contributed by atoms with van der Waals surface area (Å²) in [5.41, 5.74) is 1.01. The van der Waals surface area contributed by atoms with Gasteiger partial charge < -0.3 is 10.2 Å². The van der Waals surface area contributed by atoms with Gasteiger partial charge in [-0.2, -0.15) is 0 Å². The zero-order chi connectivity index (χ0) is 11.5. The smallest absolute Gasteiger partial charge is 0.244 e. The lowest BCUT2D eigenvalue weighted by atomic mass is 10.0. The predicted octanol–water partition coefficient (Wildman–Crippen LogP) is 2.01. The zero-order valence-corrected chi connectivity index (χ0v) is 11.4. The highest BCUT2D eigenvalue weighted by atomic mass is 127. The van der Waals surface area contributed by atoms with E-state index in [4.69, 9.17) is 0 Å². The summed E-state index contributed by atoms with van der Waals surface area (Å²) in [6.45, 7) is 0.830. The van der Waals surface area contributed by atoms with Gasteiger partial charge >= 0.3 is 0 Å². The molecule has 0 aliphatic carbocycles. The third kappa shape index (κ3) is 2.38. The summed E-state index contributed by atoms with van der Waals surface area (Å²) in [4.78, 5) is 14.0. The molecule has 1 atom stereocenters. The van der Waals surface area contributed by atoms with Gasteiger partial charge in [-0.1, -0.05) is 6.07 Å². The molecule has 2 rings (SSSR count). The third-order valence-corrected chi connectivity index (χ3v) is 3.58. The number of hydrogen-bond donors (Lipinski definition) is 1. The van der Waals surface area contributed by atoms with E-state index in [1.165, 1.54) is 0 Å². The molecule has 16 heavy (non-hydrogen) atoms. The molecular weight excluding hydrogens is 315 g/mol. The lowest BCUT2D eigenvalue weighted by Gasteiger charge is -2.32. The number of rotatable bonds is 2. The van der Waals surface area contributed by atoms with E-state index in [1.54, 1.807) is 0 Å². The molecule has 86 valence electrons. The number of likely N-dealkylation sites (N-methyl/N-ethyl adjacent to an activating group) is 1. The molecule has 1 unspecified atom stereocenters. The Morgan fingerprint density at radius 1 is 1.50 bits per heavy atom. The molecule has 1 heterocycles. The summed E-state index contributed by atoms with van der Waals surface area (Å²) in [5, 5.41) is 3.07. The second-order valence-corrected chi connectivity index (χ2v) is 5.20. The first-order valence-corrected chi connectivity index (χ1v) is 6.54. The monoisotopic (exact) mass is 330 g/mol. The van der Waals surface area contributed by atoms with Gasteiger partial charge in [-0.15, -0.1) is 0 Å². The Balaban J connectivity index is 2.23. The molecule has 1 aromatic carbocycles.